The Labute approximate surface area is 144 Å². The minimum absolute atomic E-state index is 0.0403. The molecule has 0 saturated carbocycles. The Morgan fingerprint density at radius 2 is 1.75 bits per heavy atom. The van der Waals surface area contributed by atoms with E-state index in [1.54, 1.807) is 12.4 Å². The molecule has 0 aliphatic heterocycles. The van der Waals surface area contributed by atoms with Gasteiger partial charge in [0.2, 0.25) is 5.91 Å². The topological polar surface area (TPSA) is 51.2 Å². The normalized spacial score (nSPS) is 11.1. The van der Waals surface area contributed by atoms with E-state index in [9.17, 15) is 4.79 Å². The van der Waals surface area contributed by atoms with E-state index in [1.807, 2.05) is 24.3 Å². The van der Waals surface area contributed by atoms with Gasteiger partial charge in [0, 0.05) is 25.4 Å². The molecule has 2 aromatic rings. The summed E-state index contributed by atoms with van der Waals surface area (Å²) in [5.74, 6) is 0.888. The predicted molar refractivity (Wildman–Crippen MR) is 96.0 cm³/mol. The zero-order valence-electron chi connectivity index (χ0n) is 14.7. The van der Waals surface area contributed by atoms with Crippen molar-refractivity contribution < 1.29 is 9.53 Å². The Morgan fingerprint density at radius 3 is 2.38 bits per heavy atom. The van der Waals surface area contributed by atoms with Crippen LogP contribution in [-0.4, -0.2) is 17.5 Å². The molecule has 1 heterocycles. The summed E-state index contributed by atoms with van der Waals surface area (Å²) in [5.41, 5.74) is 2.48. The summed E-state index contributed by atoms with van der Waals surface area (Å²) in [4.78, 5) is 15.8. The number of nitrogens with zero attached hydrogens (tertiary/aromatic N) is 1. The van der Waals surface area contributed by atoms with Gasteiger partial charge in [-0.05, 0) is 47.2 Å². The average molecular weight is 326 g/mol. The maximum atomic E-state index is 11.8. The molecule has 2 rings (SSSR count). The van der Waals surface area contributed by atoms with Crippen molar-refractivity contribution in [1.29, 1.82) is 0 Å². The number of aromatic nitrogens is 1. The van der Waals surface area contributed by atoms with E-state index in [4.69, 9.17) is 4.74 Å². The van der Waals surface area contributed by atoms with E-state index >= 15 is 0 Å². The van der Waals surface area contributed by atoms with Crippen molar-refractivity contribution in [3.8, 4) is 5.75 Å². The molecule has 1 aromatic heterocycles. The lowest BCUT2D eigenvalue weighted by molar-refractivity contribution is -0.121. The van der Waals surface area contributed by atoms with Crippen molar-refractivity contribution in [3.05, 3.63) is 59.9 Å². The number of ether oxygens (including phenoxy) is 1. The minimum Gasteiger partial charge on any atom is -0.494 e. The first-order chi connectivity index (χ1) is 11.4. The Hall–Kier alpha value is -2.36. The van der Waals surface area contributed by atoms with E-state index in [2.05, 4.69) is 43.2 Å². The molecular weight excluding hydrogens is 300 g/mol. The first kappa shape index (κ1) is 18.0. The minimum atomic E-state index is 0.0403. The predicted octanol–water partition coefficient (Wildman–Crippen LogP) is 3.85. The third-order valence-corrected chi connectivity index (χ3v) is 3.78. The van der Waals surface area contributed by atoms with Crippen LogP contribution in [0.25, 0.3) is 0 Å². The molecule has 128 valence electrons. The van der Waals surface area contributed by atoms with E-state index < -0.39 is 0 Å². The molecule has 0 unspecified atom stereocenters. The van der Waals surface area contributed by atoms with Gasteiger partial charge in [-0.1, -0.05) is 32.9 Å². The van der Waals surface area contributed by atoms with Crippen molar-refractivity contribution in [2.75, 3.05) is 6.61 Å². The van der Waals surface area contributed by atoms with Gasteiger partial charge in [-0.3, -0.25) is 9.78 Å². The summed E-state index contributed by atoms with van der Waals surface area (Å²) in [6.45, 7) is 7.64. The summed E-state index contributed by atoms with van der Waals surface area (Å²) in [7, 11) is 0. The van der Waals surface area contributed by atoms with Crippen LogP contribution in [0.1, 0.15) is 44.7 Å². The van der Waals surface area contributed by atoms with E-state index in [-0.39, 0.29) is 11.3 Å². The lowest BCUT2D eigenvalue weighted by Gasteiger charge is -2.19. The van der Waals surface area contributed by atoms with Gasteiger partial charge >= 0.3 is 0 Å². The Kier molecular flexibility index (Phi) is 6.36. The number of hydrogen-bond donors (Lipinski definition) is 1. The van der Waals surface area contributed by atoms with Crippen LogP contribution < -0.4 is 10.1 Å². The standard InChI is InChI=1S/C20H26N2O2/c1-20(2,3)17-6-8-18(9-7-17)24-14-4-5-19(23)22-15-16-10-12-21-13-11-16/h6-13H,4-5,14-15H2,1-3H3,(H,22,23). The van der Waals surface area contributed by atoms with E-state index in [1.165, 1.54) is 5.56 Å². The van der Waals surface area contributed by atoms with Crippen LogP contribution in [0.2, 0.25) is 0 Å². The quantitative estimate of drug-likeness (QED) is 0.786. The second-order valence-electron chi connectivity index (χ2n) is 6.86. The van der Waals surface area contributed by atoms with Gasteiger partial charge in [0.1, 0.15) is 5.75 Å². The fraction of sp³-hybridized carbons (Fsp3) is 0.400. The van der Waals surface area contributed by atoms with Crippen molar-refractivity contribution in [1.82, 2.24) is 10.3 Å². The fourth-order valence-electron chi connectivity index (χ4n) is 2.26. The molecule has 0 radical (unpaired) electrons. The Balaban J connectivity index is 1.64. The van der Waals surface area contributed by atoms with Crippen molar-refractivity contribution in [3.63, 3.8) is 0 Å². The van der Waals surface area contributed by atoms with Gasteiger partial charge in [0.05, 0.1) is 6.61 Å². The number of amides is 1. The number of carbonyl (C=O) groups excluding carboxylic acids is 1. The SMILES string of the molecule is CC(C)(C)c1ccc(OCCCC(=O)NCc2ccncc2)cc1. The third kappa shape index (κ3) is 6.03. The van der Waals surface area contributed by atoms with Crippen LogP contribution in [-0.2, 0) is 16.8 Å². The summed E-state index contributed by atoms with van der Waals surface area (Å²) < 4.78 is 5.70. The highest BCUT2D eigenvalue weighted by Crippen LogP contribution is 2.24. The Morgan fingerprint density at radius 1 is 1.08 bits per heavy atom. The number of benzene rings is 1. The lowest BCUT2D eigenvalue weighted by Crippen LogP contribution is -2.22. The second kappa shape index (κ2) is 8.48. The number of nitrogens with one attached hydrogen (secondary N) is 1. The maximum Gasteiger partial charge on any atom is 0.220 e. The van der Waals surface area contributed by atoms with Gasteiger partial charge < -0.3 is 10.1 Å². The Bertz CT molecular complexity index is 631. The molecule has 0 aliphatic carbocycles. The van der Waals surface area contributed by atoms with Crippen LogP contribution >= 0.6 is 0 Å². The molecule has 4 nitrogen and oxygen atoms in total. The highest BCUT2D eigenvalue weighted by Gasteiger charge is 2.12. The van der Waals surface area contributed by atoms with Crippen molar-refractivity contribution >= 4 is 5.91 Å². The second-order valence-corrected chi connectivity index (χ2v) is 6.86. The van der Waals surface area contributed by atoms with Crippen LogP contribution in [0.15, 0.2) is 48.8 Å². The van der Waals surface area contributed by atoms with Gasteiger partial charge in [-0.25, -0.2) is 0 Å². The summed E-state index contributed by atoms with van der Waals surface area (Å²) in [6.07, 6.45) is 4.61. The molecule has 0 saturated heterocycles. The largest absolute Gasteiger partial charge is 0.494 e. The first-order valence-electron chi connectivity index (χ1n) is 8.34. The molecule has 0 spiro atoms. The number of hydrogen-bond acceptors (Lipinski definition) is 3. The molecule has 1 N–H and O–H groups in total. The molecule has 0 atom stereocenters. The van der Waals surface area contributed by atoms with Crippen LogP contribution in [0.5, 0.6) is 5.75 Å². The molecule has 4 heteroatoms. The zero-order valence-corrected chi connectivity index (χ0v) is 14.7. The highest BCUT2D eigenvalue weighted by atomic mass is 16.5. The summed E-state index contributed by atoms with van der Waals surface area (Å²) in [5, 5.41) is 2.90. The average Bonchev–Trinajstić information content (AvgIpc) is 2.57. The maximum absolute atomic E-state index is 11.8. The van der Waals surface area contributed by atoms with Gasteiger partial charge in [-0.15, -0.1) is 0 Å². The van der Waals surface area contributed by atoms with Crippen LogP contribution in [0.3, 0.4) is 0 Å². The van der Waals surface area contributed by atoms with Gasteiger partial charge in [-0.2, -0.15) is 0 Å². The van der Waals surface area contributed by atoms with Crippen LogP contribution in [0, 0.1) is 0 Å². The van der Waals surface area contributed by atoms with E-state index in [0.717, 1.165) is 11.3 Å². The molecule has 24 heavy (non-hydrogen) atoms. The molecule has 0 fully saturated rings. The lowest BCUT2D eigenvalue weighted by atomic mass is 9.87. The highest BCUT2D eigenvalue weighted by molar-refractivity contribution is 5.75. The first-order valence-corrected chi connectivity index (χ1v) is 8.34. The summed E-state index contributed by atoms with van der Waals surface area (Å²) >= 11 is 0. The van der Waals surface area contributed by atoms with Gasteiger partial charge in [0.25, 0.3) is 0 Å². The smallest absolute Gasteiger partial charge is 0.220 e. The molecular formula is C20H26N2O2. The van der Waals surface area contributed by atoms with Crippen LogP contribution in [0.4, 0.5) is 0 Å². The zero-order chi connectivity index (χ0) is 17.4. The molecule has 1 amide bonds. The van der Waals surface area contributed by atoms with Crippen molar-refractivity contribution in [2.24, 2.45) is 0 Å². The molecule has 0 bridgehead atoms. The number of pyridine rings is 1. The monoisotopic (exact) mass is 326 g/mol. The number of carbonyl (C=O) groups is 1. The fourth-order valence-corrected chi connectivity index (χ4v) is 2.26. The van der Waals surface area contributed by atoms with Crippen molar-refractivity contribution in [2.45, 2.75) is 45.6 Å². The molecule has 1 aromatic carbocycles. The molecule has 0 aliphatic rings. The number of rotatable bonds is 7. The summed E-state index contributed by atoms with van der Waals surface area (Å²) in [6, 6.07) is 12.0. The van der Waals surface area contributed by atoms with E-state index in [0.29, 0.717) is 26.0 Å². The third-order valence-electron chi connectivity index (χ3n) is 3.78. The van der Waals surface area contributed by atoms with Gasteiger partial charge in [0.15, 0.2) is 0 Å².